The highest BCUT2D eigenvalue weighted by molar-refractivity contribution is 9.11. The van der Waals surface area contributed by atoms with Gasteiger partial charge in [-0.1, -0.05) is 11.3 Å². The first kappa shape index (κ1) is 10.8. The van der Waals surface area contributed by atoms with E-state index >= 15 is 0 Å². The van der Waals surface area contributed by atoms with Gasteiger partial charge in [0, 0.05) is 13.6 Å². The lowest BCUT2D eigenvalue weighted by Crippen LogP contribution is -2.41. The molecular formula is C8H11BrN4OS. The highest BCUT2D eigenvalue weighted by Crippen LogP contribution is 2.30. The molecule has 1 aromatic heterocycles. The average Bonchev–Trinajstić information content (AvgIpc) is 2.84. The minimum atomic E-state index is -0.0881. The molecule has 2 heterocycles. The van der Waals surface area contributed by atoms with Crippen LogP contribution in [0.3, 0.4) is 0 Å². The number of hydrogen-bond acceptors (Lipinski definition) is 5. The molecule has 0 aromatic carbocycles. The minimum Gasteiger partial charge on any atom is -0.357 e. The zero-order chi connectivity index (χ0) is 10.8. The molecule has 0 saturated carbocycles. The maximum atomic E-state index is 11.6. The summed E-state index contributed by atoms with van der Waals surface area (Å²) in [6.45, 7) is 0.875. The summed E-state index contributed by atoms with van der Waals surface area (Å²) >= 11 is 4.73. The van der Waals surface area contributed by atoms with Gasteiger partial charge in [0.05, 0.1) is 0 Å². The average molecular weight is 291 g/mol. The van der Waals surface area contributed by atoms with Crippen LogP contribution in [0.15, 0.2) is 3.92 Å². The topological polar surface area (TPSA) is 58.1 Å². The van der Waals surface area contributed by atoms with Crippen molar-refractivity contribution in [2.75, 3.05) is 18.5 Å². The van der Waals surface area contributed by atoms with Gasteiger partial charge < -0.3 is 10.2 Å². The number of nitrogens with one attached hydrogen (secondary N) is 1. The van der Waals surface area contributed by atoms with Crippen molar-refractivity contribution in [3.05, 3.63) is 3.92 Å². The van der Waals surface area contributed by atoms with Crippen molar-refractivity contribution in [2.45, 2.75) is 18.9 Å². The maximum Gasteiger partial charge on any atom is 0.242 e. The van der Waals surface area contributed by atoms with Gasteiger partial charge in [-0.25, -0.2) is 0 Å². The number of halogens is 1. The van der Waals surface area contributed by atoms with Crippen LogP contribution < -0.4 is 10.2 Å². The van der Waals surface area contributed by atoms with Gasteiger partial charge in [0.25, 0.3) is 0 Å². The van der Waals surface area contributed by atoms with Crippen LogP contribution in [-0.4, -0.2) is 35.7 Å². The molecule has 1 amide bonds. The van der Waals surface area contributed by atoms with E-state index in [1.54, 1.807) is 7.05 Å². The van der Waals surface area contributed by atoms with Crippen LogP contribution in [0.5, 0.6) is 0 Å². The molecule has 7 heteroatoms. The van der Waals surface area contributed by atoms with Gasteiger partial charge in [-0.15, -0.1) is 10.2 Å². The van der Waals surface area contributed by atoms with E-state index in [1.165, 1.54) is 11.3 Å². The molecule has 1 N–H and O–H groups in total. The lowest BCUT2D eigenvalue weighted by Gasteiger charge is -2.21. The van der Waals surface area contributed by atoms with Gasteiger partial charge >= 0.3 is 0 Å². The van der Waals surface area contributed by atoms with E-state index < -0.39 is 0 Å². The van der Waals surface area contributed by atoms with Crippen LogP contribution in [0.25, 0.3) is 0 Å². The van der Waals surface area contributed by atoms with Crippen molar-refractivity contribution in [1.82, 2.24) is 15.5 Å². The normalized spacial score (nSPS) is 20.7. The van der Waals surface area contributed by atoms with Gasteiger partial charge in [-0.05, 0) is 28.8 Å². The van der Waals surface area contributed by atoms with Crippen LogP contribution in [0.2, 0.25) is 0 Å². The molecule has 15 heavy (non-hydrogen) atoms. The molecule has 1 fully saturated rings. The molecule has 0 aliphatic carbocycles. The summed E-state index contributed by atoms with van der Waals surface area (Å²) in [5.41, 5.74) is 0. The van der Waals surface area contributed by atoms with E-state index in [0.29, 0.717) is 0 Å². The second-order valence-electron chi connectivity index (χ2n) is 3.30. The molecule has 82 valence electrons. The molecule has 1 aromatic rings. The molecule has 0 bridgehead atoms. The highest BCUT2D eigenvalue weighted by atomic mass is 79.9. The van der Waals surface area contributed by atoms with Crippen molar-refractivity contribution in [3.8, 4) is 0 Å². The Balaban J connectivity index is 2.18. The van der Waals surface area contributed by atoms with Gasteiger partial charge in [0.1, 0.15) is 6.04 Å². The Hall–Kier alpha value is -0.690. The largest absolute Gasteiger partial charge is 0.357 e. The van der Waals surface area contributed by atoms with E-state index in [9.17, 15) is 4.79 Å². The fourth-order valence-corrected chi connectivity index (χ4v) is 2.91. The Morgan fingerprint density at radius 2 is 2.47 bits per heavy atom. The van der Waals surface area contributed by atoms with Crippen molar-refractivity contribution in [2.24, 2.45) is 0 Å². The first-order valence-electron chi connectivity index (χ1n) is 4.69. The van der Waals surface area contributed by atoms with Gasteiger partial charge in [0.15, 0.2) is 3.92 Å². The third-order valence-electron chi connectivity index (χ3n) is 2.44. The molecule has 1 aliphatic heterocycles. The van der Waals surface area contributed by atoms with Crippen molar-refractivity contribution < 1.29 is 4.79 Å². The molecule has 2 rings (SSSR count). The van der Waals surface area contributed by atoms with Crippen LogP contribution in [-0.2, 0) is 4.79 Å². The molecular weight excluding hydrogens is 280 g/mol. The summed E-state index contributed by atoms with van der Waals surface area (Å²) in [6.07, 6.45) is 1.91. The molecule has 0 spiro atoms. The summed E-state index contributed by atoms with van der Waals surface area (Å²) in [7, 11) is 1.66. The molecule has 1 atom stereocenters. The van der Waals surface area contributed by atoms with Crippen molar-refractivity contribution in [3.63, 3.8) is 0 Å². The van der Waals surface area contributed by atoms with E-state index in [1.807, 2.05) is 4.90 Å². The number of amides is 1. The Bertz CT molecular complexity index is 369. The molecule has 1 aliphatic rings. The number of likely N-dealkylation sites (N-methyl/N-ethyl adjacent to an activating group) is 1. The summed E-state index contributed by atoms with van der Waals surface area (Å²) in [5, 5.41) is 11.4. The minimum absolute atomic E-state index is 0.0545. The highest BCUT2D eigenvalue weighted by Gasteiger charge is 2.32. The summed E-state index contributed by atoms with van der Waals surface area (Å²) < 4.78 is 0.750. The molecule has 0 radical (unpaired) electrons. The smallest absolute Gasteiger partial charge is 0.242 e. The monoisotopic (exact) mass is 290 g/mol. The number of rotatable bonds is 2. The molecule has 1 unspecified atom stereocenters. The number of anilines is 1. The summed E-state index contributed by atoms with van der Waals surface area (Å²) in [4.78, 5) is 13.6. The first-order valence-corrected chi connectivity index (χ1v) is 6.30. The Kier molecular flexibility index (Phi) is 3.20. The Morgan fingerprint density at radius 1 is 1.67 bits per heavy atom. The standard InChI is InChI=1S/C8H11BrN4OS/c1-10-6(14)5-3-2-4-13(5)8-12-11-7(9)15-8/h5H,2-4H2,1H3,(H,10,14). The zero-order valence-electron chi connectivity index (χ0n) is 8.23. The maximum absolute atomic E-state index is 11.6. The second-order valence-corrected chi connectivity index (χ2v) is 5.54. The lowest BCUT2D eigenvalue weighted by atomic mass is 10.2. The van der Waals surface area contributed by atoms with E-state index in [4.69, 9.17) is 0 Å². The van der Waals surface area contributed by atoms with Crippen LogP contribution in [0.1, 0.15) is 12.8 Å². The number of carbonyl (C=O) groups is 1. The summed E-state index contributed by atoms with van der Waals surface area (Å²) in [6, 6.07) is -0.0881. The first-order chi connectivity index (χ1) is 7.22. The van der Waals surface area contributed by atoms with E-state index in [2.05, 4.69) is 31.4 Å². The number of hydrogen-bond donors (Lipinski definition) is 1. The number of aromatic nitrogens is 2. The number of nitrogens with zero attached hydrogens (tertiary/aromatic N) is 3. The predicted molar refractivity (Wildman–Crippen MR) is 62.0 cm³/mol. The van der Waals surface area contributed by atoms with Gasteiger partial charge in [-0.3, -0.25) is 4.79 Å². The van der Waals surface area contributed by atoms with Gasteiger partial charge in [0.2, 0.25) is 11.0 Å². The SMILES string of the molecule is CNC(=O)C1CCCN1c1nnc(Br)s1. The zero-order valence-corrected chi connectivity index (χ0v) is 10.6. The van der Waals surface area contributed by atoms with E-state index in [-0.39, 0.29) is 11.9 Å². The van der Waals surface area contributed by atoms with Crippen molar-refractivity contribution >= 4 is 38.3 Å². The second kappa shape index (κ2) is 4.44. The number of carbonyl (C=O) groups excluding carboxylic acids is 1. The predicted octanol–water partition coefficient (Wildman–Crippen LogP) is 1.02. The Labute approximate surface area is 100 Å². The van der Waals surface area contributed by atoms with E-state index in [0.717, 1.165) is 28.4 Å². The third-order valence-corrected chi connectivity index (χ3v) is 3.83. The fraction of sp³-hybridized carbons (Fsp3) is 0.625. The van der Waals surface area contributed by atoms with Crippen LogP contribution in [0, 0.1) is 0 Å². The molecule has 5 nitrogen and oxygen atoms in total. The quantitative estimate of drug-likeness (QED) is 0.883. The van der Waals surface area contributed by atoms with Gasteiger partial charge in [-0.2, -0.15) is 0 Å². The van der Waals surface area contributed by atoms with Crippen molar-refractivity contribution in [1.29, 1.82) is 0 Å². The third kappa shape index (κ3) is 2.12. The van der Waals surface area contributed by atoms with Crippen LogP contribution >= 0.6 is 27.3 Å². The summed E-state index contributed by atoms with van der Waals surface area (Å²) in [5.74, 6) is 0.0545. The fourth-order valence-electron chi connectivity index (χ4n) is 1.75. The van der Waals surface area contributed by atoms with Crippen LogP contribution in [0.4, 0.5) is 5.13 Å². The Morgan fingerprint density at radius 3 is 3.07 bits per heavy atom. The lowest BCUT2D eigenvalue weighted by molar-refractivity contribution is -0.121. The molecule has 1 saturated heterocycles.